The first-order chi connectivity index (χ1) is 8.99. The van der Waals surface area contributed by atoms with Crippen LogP contribution in [0.15, 0.2) is 29.2 Å². The molecule has 0 radical (unpaired) electrons. The zero-order chi connectivity index (χ0) is 13.5. The second-order valence-electron chi connectivity index (χ2n) is 6.18. The number of aryl methyl sites for hydroxylation is 1. The van der Waals surface area contributed by atoms with E-state index in [2.05, 4.69) is 0 Å². The van der Waals surface area contributed by atoms with Gasteiger partial charge in [0, 0.05) is 0 Å². The Labute approximate surface area is 115 Å². The van der Waals surface area contributed by atoms with Gasteiger partial charge in [0.1, 0.15) is 0 Å². The Morgan fingerprint density at radius 2 is 1.84 bits per heavy atom. The fourth-order valence-electron chi connectivity index (χ4n) is 3.33. The van der Waals surface area contributed by atoms with Crippen molar-refractivity contribution in [3.05, 3.63) is 29.8 Å². The third-order valence-electron chi connectivity index (χ3n) is 4.63. The molecule has 0 atom stereocenters. The van der Waals surface area contributed by atoms with Gasteiger partial charge in [-0.1, -0.05) is 24.1 Å². The van der Waals surface area contributed by atoms with E-state index in [1.165, 1.54) is 19.3 Å². The molecule has 3 nitrogen and oxygen atoms in total. The van der Waals surface area contributed by atoms with E-state index >= 15 is 0 Å². The lowest BCUT2D eigenvalue weighted by molar-refractivity contribution is -0.0408. The molecule has 0 aromatic heterocycles. The Morgan fingerprint density at radius 1 is 1.21 bits per heavy atom. The summed E-state index contributed by atoms with van der Waals surface area (Å²) in [5, 5.41) is 0. The second-order valence-corrected chi connectivity index (χ2v) is 7.79. The van der Waals surface area contributed by atoms with Crippen molar-refractivity contribution in [3.8, 4) is 0 Å². The molecule has 2 fully saturated rings. The van der Waals surface area contributed by atoms with E-state index in [9.17, 15) is 8.42 Å². The van der Waals surface area contributed by atoms with Gasteiger partial charge in [-0.3, -0.25) is 4.18 Å². The molecular formula is C15H20O3S. The molecule has 0 heterocycles. The maximum Gasteiger partial charge on any atom is 0.296 e. The highest BCUT2D eigenvalue weighted by molar-refractivity contribution is 7.86. The van der Waals surface area contributed by atoms with Gasteiger partial charge in [0.05, 0.1) is 11.5 Å². The van der Waals surface area contributed by atoms with Gasteiger partial charge in [0.25, 0.3) is 10.1 Å². The van der Waals surface area contributed by atoms with Gasteiger partial charge in [-0.25, -0.2) is 0 Å². The highest BCUT2D eigenvalue weighted by Gasteiger charge is 2.48. The van der Waals surface area contributed by atoms with Gasteiger partial charge in [0.2, 0.25) is 0 Å². The SMILES string of the molecule is Cc1ccc(S(=O)(=O)OCC2CC3(CCC3)C2)cc1. The number of hydrogen-bond donors (Lipinski definition) is 0. The third kappa shape index (κ3) is 2.56. The van der Waals surface area contributed by atoms with Crippen LogP contribution in [0.2, 0.25) is 0 Å². The highest BCUT2D eigenvalue weighted by Crippen LogP contribution is 2.58. The van der Waals surface area contributed by atoms with E-state index in [-0.39, 0.29) is 4.90 Å². The van der Waals surface area contributed by atoms with Crippen LogP contribution in [0.4, 0.5) is 0 Å². The van der Waals surface area contributed by atoms with Crippen LogP contribution < -0.4 is 0 Å². The van der Waals surface area contributed by atoms with E-state index in [0.29, 0.717) is 17.9 Å². The summed E-state index contributed by atoms with van der Waals surface area (Å²) in [6, 6.07) is 6.81. The predicted molar refractivity (Wildman–Crippen MR) is 73.3 cm³/mol. The first-order valence-corrected chi connectivity index (χ1v) is 8.36. The smallest absolute Gasteiger partial charge is 0.266 e. The molecule has 4 heteroatoms. The normalized spacial score (nSPS) is 21.9. The van der Waals surface area contributed by atoms with Crippen LogP contribution in [0.25, 0.3) is 0 Å². The molecule has 2 saturated carbocycles. The molecule has 0 saturated heterocycles. The second kappa shape index (κ2) is 4.60. The molecule has 3 rings (SSSR count). The van der Waals surface area contributed by atoms with Crippen molar-refractivity contribution in [2.75, 3.05) is 6.61 Å². The summed E-state index contributed by atoms with van der Waals surface area (Å²) in [5.41, 5.74) is 1.62. The lowest BCUT2D eigenvalue weighted by atomic mass is 9.52. The Hall–Kier alpha value is -0.870. The van der Waals surface area contributed by atoms with Crippen molar-refractivity contribution >= 4 is 10.1 Å². The maximum atomic E-state index is 12.0. The molecule has 1 aromatic rings. The number of benzene rings is 1. The van der Waals surface area contributed by atoms with E-state index in [4.69, 9.17) is 4.18 Å². The Kier molecular flexibility index (Phi) is 3.18. The number of hydrogen-bond acceptors (Lipinski definition) is 3. The monoisotopic (exact) mass is 280 g/mol. The fourth-order valence-corrected chi connectivity index (χ4v) is 4.30. The lowest BCUT2D eigenvalue weighted by Gasteiger charge is -2.54. The van der Waals surface area contributed by atoms with Crippen molar-refractivity contribution in [1.29, 1.82) is 0 Å². The molecule has 0 unspecified atom stereocenters. The van der Waals surface area contributed by atoms with Gasteiger partial charge in [-0.2, -0.15) is 8.42 Å². The van der Waals surface area contributed by atoms with Crippen molar-refractivity contribution in [2.45, 2.75) is 43.9 Å². The molecule has 1 aromatic carbocycles. The summed E-state index contributed by atoms with van der Waals surface area (Å²) >= 11 is 0. The van der Waals surface area contributed by atoms with Crippen LogP contribution in [0, 0.1) is 18.3 Å². The van der Waals surface area contributed by atoms with Crippen molar-refractivity contribution in [2.24, 2.45) is 11.3 Å². The molecule has 0 amide bonds. The van der Waals surface area contributed by atoms with Gasteiger partial charge < -0.3 is 0 Å². The molecule has 104 valence electrons. The van der Waals surface area contributed by atoms with Crippen LogP contribution in [0.5, 0.6) is 0 Å². The third-order valence-corrected chi connectivity index (χ3v) is 5.92. The molecule has 2 aliphatic rings. The first-order valence-electron chi connectivity index (χ1n) is 6.95. The molecular weight excluding hydrogens is 260 g/mol. The molecule has 19 heavy (non-hydrogen) atoms. The fraction of sp³-hybridized carbons (Fsp3) is 0.600. The average Bonchev–Trinajstić information content (AvgIpc) is 2.25. The van der Waals surface area contributed by atoms with E-state index < -0.39 is 10.1 Å². The Morgan fingerprint density at radius 3 is 2.37 bits per heavy atom. The molecule has 0 N–H and O–H groups in total. The highest BCUT2D eigenvalue weighted by atomic mass is 32.2. The number of rotatable bonds is 4. The minimum absolute atomic E-state index is 0.260. The van der Waals surface area contributed by atoms with Crippen molar-refractivity contribution in [1.82, 2.24) is 0 Å². The lowest BCUT2D eigenvalue weighted by Crippen LogP contribution is -2.44. The quantitative estimate of drug-likeness (QED) is 0.795. The minimum Gasteiger partial charge on any atom is -0.266 e. The summed E-state index contributed by atoms with van der Waals surface area (Å²) in [5.74, 6) is 0.431. The standard InChI is InChI=1S/C15H20O3S/c1-12-3-5-14(6-4-12)19(16,17)18-11-13-9-15(10-13)7-2-8-15/h3-6,13H,2,7-11H2,1H3. The van der Waals surface area contributed by atoms with Gasteiger partial charge in [-0.15, -0.1) is 0 Å². The summed E-state index contributed by atoms with van der Waals surface area (Å²) in [6.45, 7) is 2.28. The van der Waals surface area contributed by atoms with Crippen LogP contribution in [-0.4, -0.2) is 15.0 Å². The van der Waals surface area contributed by atoms with Crippen molar-refractivity contribution in [3.63, 3.8) is 0 Å². The van der Waals surface area contributed by atoms with Gasteiger partial charge >= 0.3 is 0 Å². The van der Waals surface area contributed by atoms with Gasteiger partial charge in [0.15, 0.2) is 0 Å². The van der Waals surface area contributed by atoms with Crippen molar-refractivity contribution < 1.29 is 12.6 Å². The van der Waals surface area contributed by atoms with Crippen LogP contribution in [0.3, 0.4) is 0 Å². The van der Waals surface area contributed by atoms with Crippen LogP contribution in [-0.2, 0) is 14.3 Å². The Bertz CT molecular complexity index is 548. The van der Waals surface area contributed by atoms with Gasteiger partial charge in [-0.05, 0) is 56.1 Å². The first kappa shape index (κ1) is 13.1. The van der Waals surface area contributed by atoms with E-state index in [1.54, 1.807) is 24.3 Å². The molecule has 1 spiro atoms. The summed E-state index contributed by atoms with van der Waals surface area (Å²) in [6.07, 6.45) is 6.30. The van der Waals surface area contributed by atoms with E-state index in [0.717, 1.165) is 18.4 Å². The molecule has 0 bridgehead atoms. The molecule has 2 aliphatic carbocycles. The largest absolute Gasteiger partial charge is 0.296 e. The van der Waals surface area contributed by atoms with Crippen LogP contribution in [0.1, 0.15) is 37.7 Å². The molecule has 0 aliphatic heterocycles. The summed E-state index contributed by atoms with van der Waals surface area (Å²) in [4.78, 5) is 0.260. The summed E-state index contributed by atoms with van der Waals surface area (Å²) < 4.78 is 29.2. The zero-order valence-electron chi connectivity index (χ0n) is 11.3. The predicted octanol–water partition coefficient (Wildman–Crippen LogP) is 3.28. The average molecular weight is 280 g/mol. The zero-order valence-corrected chi connectivity index (χ0v) is 12.1. The minimum atomic E-state index is -3.57. The van der Waals surface area contributed by atoms with Crippen LogP contribution >= 0.6 is 0 Å². The topological polar surface area (TPSA) is 43.4 Å². The maximum absolute atomic E-state index is 12.0. The Balaban J connectivity index is 1.55. The van der Waals surface area contributed by atoms with E-state index in [1.807, 2.05) is 6.92 Å². The summed E-state index contributed by atoms with van der Waals surface area (Å²) in [7, 11) is -3.57.